The molecule has 0 aliphatic carbocycles. The van der Waals surface area contributed by atoms with Gasteiger partial charge in [-0.1, -0.05) is 30.3 Å². The van der Waals surface area contributed by atoms with Crippen molar-refractivity contribution in [1.29, 1.82) is 0 Å². The number of aromatic nitrogens is 2. The molecular weight excluding hydrogens is 372 g/mol. The number of aryl methyl sites for hydroxylation is 3. The topological polar surface area (TPSA) is 58.1 Å². The van der Waals surface area contributed by atoms with Gasteiger partial charge in [-0.3, -0.25) is 4.79 Å². The average molecular weight is 401 g/mol. The number of hydrogen-bond donors (Lipinski definition) is 1. The van der Waals surface area contributed by atoms with E-state index in [1.54, 1.807) is 0 Å². The van der Waals surface area contributed by atoms with Crippen molar-refractivity contribution in [2.24, 2.45) is 5.92 Å². The highest BCUT2D eigenvalue weighted by Gasteiger charge is 2.27. The van der Waals surface area contributed by atoms with Crippen LogP contribution in [0.15, 0.2) is 54.6 Å². The lowest BCUT2D eigenvalue weighted by Gasteiger charge is -2.32. The largest absolute Gasteiger partial charge is 0.354 e. The molecular formula is C25H28N4O. The van der Waals surface area contributed by atoms with Crippen molar-refractivity contribution in [3.8, 4) is 11.3 Å². The molecule has 2 aromatic carbocycles. The summed E-state index contributed by atoms with van der Waals surface area (Å²) in [7, 11) is 0. The number of carbonyl (C=O) groups excluding carboxylic acids is 1. The summed E-state index contributed by atoms with van der Waals surface area (Å²) < 4.78 is 0. The van der Waals surface area contributed by atoms with Gasteiger partial charge in [0.05, 0.1) is 11.6 Å². The molecule has 1 saturated heterocycles. The molecule has 1 unspecified atom stereocenters. The standard InChI is InChI=1S/C25H28N4O/c1-17-10-11-21(15-19(17)3)26-25(30)20-8-6-14-29(16-20)24-13-12-23(27-28-24)22-9-5-4-7-18(22)2/h4-5,7,9-13,15,20H,6,8,14,16H2,1-3H3,(H,26,30). The van der Waals surface area contributed by atoms with E-state index >= 15 is 0 Å². The highest BCUT2D eigenvalue weighted by atomic mass is 16.1. The molecule has 154 valence electrons. The van der Waals surface area contributed by atoms with Crippen molar-refractivity contribution < 1.29 is 4.79 Å². The molecule has 5 nitrogen and oxygen atoms in total. The minimum Gasteiger partial charge on any atom is -0.354 e. The van der Waals surface area contributed by atoms with Gasteiger partial charge in [0, 0.05) is 24.3 Å². The number of benzene rings is 2. The van der Waals surface area contributed by atoms with Crippen LogP contribution in [0.4, 0.5) is 11.5 Å². The van der Waals surface area contributed by atoms with Gasteiger partial charge in [0.15, 0.2) is 5.82 Å². The van der Waals surface area contributed by atoms with E-state index in [0.717, 1.165) is 42.1 Å². The molecule has 1 atom stereocenters. The van der Waals surface area contributed by atoms with Gasteiger partial charge in [-0.15, -0.1) is 10.2 Å². The van der Waals surface area contributed by atoms with E-state index in [-0.39, 0.29) is 11.8 Å². The summed E-state index contributed by atoms with van der Waals surface area (Å²) in [6.07, 6.45) is 1.86. The second-order valence-corrected chi connectivity index (χ2v) is 8.17. The van der Waals surface area contributed by atoms with Gasteiger partial charge in [-0.05, 0) is 74.6 Å². The zero-order chi connectivity index (χ0) is 21.1. The van der Waals surface area contributed by atoms with Gasteiger partial charge >= 0.3 is 0 Å². The van der Waals surface area contributed by atoms with Crippen molar-refractivity contribution in [3.63, 3.8) is 0 Å². The Balaban J connectivity index is 1.44. The molecule has 0 spiro atoms. The van der Waals surface area contributed by atoms with Gasteiger partial charge in [-0.2, -0.15) is 0 Å². The molecule has 1 aliphatic rings. The fourth-order valence-electron chi connectivity index (χ4n) is 3.96. The first-order valence-electron chi connectivity index (χ1n) is 10.5. The van der Waals surface area contributed by atoms with E-state index in [0.29, 0.717) is 6.54 Å². The van der Waals surface area contributed by atoms with Gasteiger partial charge in [0.25, 0.3) is 0 Å². The zero-order valence-electron chi connectivity index (χ0n) is 17.9. The van der Waals surface area contributed by atoms with Crippen LogP contribution in [0.5, 0.6) is 0 Å². The van der Waals surface area contributed by atoms with E-state index in [2.05, 4.69) is 53.3 Å². The van der Waals surface area contributed by atoms with E-state index in [1.165, 1.54) is 16.7 Å². The van der Waals surface area contributed by atoms with Crippen LogP contribution < -0.4 is 10.2 Å². The molecule has 0 bridgehead atoms. The Morgan fingerprint density at radius 3 is 2.53 bits per heavy atom. The Morgan fingerprint density at radius 2 is 1.80 bits per heavy atom. The maximum absolute atomic E-state index is 12.8. The fourth-order valence-corrected chi connectivity index (χ4v) is 3.96. The molecule has 1 aromatic heterocycles. The van der Waals surface area contributed by atoms with E-state index in [1.807, 2.05) is 42.5 Å². The summed E-state index contributed by atoms with van der Waals surface area (Å²) >= 11 is 0. The highest BCUT2D eigenvalue weighted by Crippen LogP contribution is 2.25. The number of anilines is 2. The van der Waals surface area contributed by atoms with Crippen LogP contribution >= 0.6 is 0 Å². The maximum atomic E-state index is 12.8. The molecule has 1 N–H and O–H groups in total. The molecule has 3 aromatic rings. The molecule has 1 fully saturated rings. The second kappa shape index (κ2) is 8.66. The van der Waals surface area contributed by atoms with Gasteiger partial charge in [0.1, 0.15) is 0 Å². The first-order chi connectivity index (χ1) is 14.5. The summed E-state index contributed by atoms with van der Waals surface area (Å²) in [5.74, 6) is 0.849. The normalized spacial score (nSPS) is 16.4. The molecule has 0 saturated carbocycles. The Bertz CT molecular complexity index is 1050. The van der Waals surface area contributed by atoms with Crippen molar-refractivity contribution in [3.05, 3.63) is 71.3 Å². The lowest BCUT2D eigenvalue weighted by molar-refractivity contribution is -0.120. The molecule has 1 aliphatic heterocycles. The number of hydrogen-bond acceptors (Lipinski definition) is 4. The zero-order valence-corrected chi connectivity index (χ0v) is 17.9. The average Bonchev–Trinajstić information content (AvgIpc) is 2.77. The molecule has 5 heteroatoms. The Hall–Kier alpha value is -3.21. The van der Waals surface area contributed by atoms with Crippen LogP contribution in [0.3, 0.4) is 0 Å². The summed E-state index contributed by atoms with van der Waals surface area (Å²) in [4.78, 5) is 15.0. The van der Waals surface area contributed by atoms with Crippen LogP contribution in [0.25, 0.3) is 11.3 Å². The smallest absolute Gasteiger partial charge is 0.229 e. The SMILES string of the molecule is Cc1ccc(NC(=O)C2CCCN(c3ccc(-c4ccccc4C)nn3)C2)cc1C. The third kappa shape index (κ3) is 4.35. The van der Waals surface area contributed by atoms with E-state index in [4.69, 9.17) is 0 Å². The molecule has 0 radical (unpaired) electrons. The lowest BCUT2D eigenvalue weighted by Crippen LogP contribution is -2.41. The van der Waals surface area contributed by atoms with Gasteiger partial charge < -0.3 is 10.2 Å². The first kappa shape index (κ1) is 20.1. The summed E-state index contributed by atoms with van der Waals surface area (Å²) in [5, 5.41) is 12.0. The number of nitrogens with one attached hydrogen (secondary N) is 1. The first-order valence-corrected chi connectivity index (χ1v) is 10.5. The predicted octanol–water partition coefficient (Wildman–Crippen LogP) is 4.92. The lowest BCUT2D eigenvalue weighted by atomic mass is 9.97. The summed E-state index contributed by atoms with van der Waals surface area (Å²) in [6.45, 7) is 7.77. The van der Waals surface area contributed by atoms with E-state index in [9.17, 15) is 4.79 Å². The van der Waals surface area contributed by atoms with Crippen LogP contribution in [0.2, 0.25) is 0 Å². The Kier molecular flexibility index (Phi) is 5.79. The molecule has 30 heavy (non-hydrogen) atoms. The minimum absolute atomic E-state index is 0.0572. The third-order valence-corrected chi connectivity index (χ3v) is 5.96. The quantitative estimate of drug-likeness (QED) is 0.675. The number of piperidine rings is 1. The molecule has 1 amide bonds. The number of amides is 1. The third-order valence-electron chi connectivity index (χ3n) is 5.96. The van der Waals surface area contributed by atoms with Gasteiger partial charge in [-0.25, -0.2) is 0 Å². The Morgan fingerprint density at radius 1 is 0.967 bits per heavy atom. The van der Waals surface area contributed by atoms with Crippen molar-refractivity contribution >= 4 is 17.4 Å². The monoisotopic (exact) mass is 400 g/mol. The second-order valence-electron chi connectivity index (χ2n) is 8.17. The van der Waals surface area contributed by atoms with Gasteiger partial charge in [0.2, 0.25) is 5.91 Å². The number of carbonyl (C=O) groups is 1. The fraction of sp³-hybridized carbons (Fsp3) is 0.320. The van der Waals surface area contributed by atoms with Crippen LogP contribution in [-0.4, -0.2) is 29.2 Å². The summed E-state index contributed by atoms with van der Waals surface area (Å²) in [5.41, 5.74) is 6.42. The van der Waals surface area contributed by atoms with Crippen molar-refractivity contribution in [2.75, 3.05) is 23.3 Å². The minimum atomic E-state index is -0.0572. The van der Waals surface area contributed by atoms with Crippen LogP contribution in [0.1, 0.15) is 29.5 Å². The van der Waals surface area contributed by atoms with Crippen molar-refractivity contribution in [2.45, 2.75) is 33.6 Å². The molecule has 4 rings (SSSR count). The highest BCUT2D eigenvalue weighted by molar-refractivity contribution is 5.93. The number of rotatable bonds is 4. The number of nitrogens with zero attached hydrogens (tertiary/aromatic N) is 3. The Labute approximate surface area is 178 Å². The maximum Gasteiger partial charge on any atom is 0.229 e. The van der Waals surface area contributed by atoms with Crippen LogP contribution in [0, 0.1) is 26.7 Å². The predicted molar refractivity (Wildman–Crippen MR) is 122 cm³/mol. The van der Waals surface area contributed by atoms with Crippen LogP contribution in [-0.2, 0) is 4.79 Å². The van der Waals surface area contributed by atoms with E-state index < -0.39 is 0 Å². The van der Waals surface area contributed by atoms with Crippen molar-refractivity contribution in [1.82, 2.24) is 10.2 Å². The summed E-state index contributed by atoms with van der Waals surface area (Å²) in [6, 6.07) is 18.3. The molecule has 2 heterocycles.